The lowest BCUT2D eigenvalue weighted by Crippen LogP contribution is -2.48. The third-order valence-electron chi connectivity index (χ3n) is 5.16. The normalized spacial score (nSPS) is 19.9. The molecule has 27 heavy (non-hydrogen) atoms. The van der Waals surface area contributed by atoms with Crippen molar-refractivity contribution in [3.8, 4) is 5.75 Å². The average molecular weight is 367 g/mol. The number of piperazine rings is 1. The number of rotatable bonds is 5. The van der Waals surface area contributed by atoms with Crippen molar-refractivity contribution < 1.29 is 14.3 Å². The first-order chi connectivity index (χ1) is 13.3. The molecular weight excluding hydrogens is 342 g/mol. The highest BCUT2D eigenvalue weighted by Crippen LogP contribution is 2.19. The van der Waals surface area contributed by atoms with E-state index < -0.39 is 0 Å². The quantitative estimate of drug-likeness (QED) is 0.813. The Bertz CT molecular complexity index is 737. The molecule has 0 spiro atoms. The molecule has 1 amide bonds. The van der Waals surface area contributed by atoms with E-state index in [2.05, 4.69) is 9.88 Å². The molecule has 2 aliphatic heterocycles. The SMILES string of the molecule is O=C(c1ccc(OCC2CCCO2)cc1)N1CCN(c2ccncc2)CC1. The number of carbonyl (C=O) groups is 1. The average Bonchev–Trinajstić information content (AvgIpc) is 3.27. The molecule has 0 N–H and O–H groups in total. The summed E-state index contributed by atoms with van der Waals surface area (Å²) in [7, 11) is 0. The van der Waals surface area contributed by atoms with Gasteiger partial charge in [0, 0.05) is 56.4 Å². The Morgan fingerprint density at radius 3 is 2.48 bits per heavy atom. The summed E-state index contributed by atoms with van der Waals surface area (Å²) in [4.78, 5) is 21.0. The molecule has 2 aliphatic rings. The Morgan fingerprint density at radius 2 is 1.81 bits per heavy atom. The van der Waals surface area contributed by atoms with Crippen LogP contribution in [0.5, 0.6) is 5.75 Å². The van der Waals surface area contributed by atoms with Gasteiger partial charge in [-0.15, -0.1) is 0 Å². The van der Waals surface area contributed by atoms with E-state index in [1.54, 1.807) is 12.4 Å². The van der Waals surface area contributed by atoms with Gasteiger partial charge in [0.2, 0.25) is 0 Å². The van der Waals surface area contributed by atoms with E-state index in [1.807, 2.05) is 41.3 Å². The number of pyridine rings is 1. The summed E-state index contributed by atoms with van der Waals surface area (Å²) in [6.45, 7) is 4.51. The Kier molecular flexibility index (Phi) is 5.53. The van der Waals surface area contributed by atoms with Gasteiger partial charge in [-0.05, 0) is 49.2 Å². The lowest BCUT2D eigenvalue weighted by molar-refractivity contribution is 0.0678. The van der Waals surface area contributed by atoms with Gasteiger partial charge >= 0.3 is 0 Å². The third kappa shape index (κ3) is 4.39. The molecule has 1 aromatic carbocycles. The monoisotopic (exact) mass is 367 g/mol. The maximum absolute atomic E-state index is 12.8. The molecule has 0 aliphatic carbocycles. The van der Waals surface area contributed by atoms with Crippen molar-refractivity contribution in [3.05, 3.63) is 54.4 Å². The predicted molar refractivity (Wildman–Crippen MR) is 103 cm³/mol. The van der Waals surface area contributed by atoms with Crippen molar-refractivity contribution in [2.75, 3.05) is 44.3 Å². The Balaban J connectivity index is 1.29. The van der Waals surface area contributed by atoms with Crippen LogP contribution >= 0.6 is 0 Å². The van der Waals surface area contributed by atoms with E-state index in [0.29, 0.717) is 12.2 Å². The number of nitrogens with zero attached hydrogens (tertiary/aromatic N) is 3. The van der Waals surface area contributed by atoms with Crippen LogP contribution in [0.1, 0.15) is 23.2 Å². The topological polar surface area (TPSA) is 54.9 Å². The summed E-state index contributed by atoms with van der Waals surface area (Å²) in [6.07, 6.45) is 5.96. The Labute approximate surface area is 159 Å². The molecule has 6 nitrogen and oxygen atoms in total. The first kappa shape index (κ1) is 17.8. The standard InChI is InChI=1S/C21H25N3O3/c25-21(24-13-11-23(12-14-24)18-7-9-22-10-8-18)17-3-5-19(6-4-17)27-16-20-2-1-15-26-20/h3-10,20H,1-2,11-16H2. The molecule has 2 saturated heterocycles. The maximum atomic E-state index is 12.8. The number of ether oxygens (including phenoxy) is 2. The molecule has 0 saturated carbocycles. The van der Waals surface area contributed by atoms with Crippen molar-refractivity contribution in [2.24, 2.45) is 0 Å². The van der Waals surface area contributed by atoms with Crippen LogP contribution in [0.4, 0.5) is 5.69 Å². The zero-order valence-corrected chi connectivity index (χ0v) is 15.4. The fourth-order valence-corrected chi connectivity index (χ4v) is 3.56. The van der Waals surface area contributed by atoms with E-state index in [0.717, 1.165) is 57.1 Å². The molecule has 0 radical (unpaired) electrons. The summed E-state index contributed by atoms with van der Waals surface area (Å²) in [5.74, 6) is 0.861. The van der Waals surface area contributed by atoms with Crippen molar-refractivity contribution in [2.45, 2.75) is 18.9 Å². The molecule has 1 unspecified atom stereocenters. The maximum Gasteiger partial charge on any atom is 0.253 e. The predicted octanol–water partition coefficient (Wildman–Crippen LogP) is 2.60. The van der Waals surface area contributed by atoms with Crippen molar-refractivity contribution in [3.63, 3.8) is 0 Å². The van der Waals surface area contributed by atoms with Gasteiger partial charge in [-0.25, -0.2) is 0 Å². The van der Waals surface area contributed by atoms with Crippen molar-refractivity contribution >= 4 is 11.6 Å². The van der Waals surface area contributed by atoms with Crippen molar-refractivity contribution in [1.29, 1.82) is 0 Å². The van der Waals surface area contributed by atoms with Gasteiger partial charge in [0.1, 0.15) is 12.4 Å². The zero-order valence-electron chi connectivity index (χ0n) is 15.4. The number of carbonyl (C=O) groups excluding carboxylic acids is 1. The van der Waals surface area contributed by atoms with Gasteiger partial charge in [0.25, 0.3) is 5.91 Å². The number of aromatic nitrogens is 1. The highest BCUT2D eigenvalue weighted by molar-refractivity contribution is 5.94. The van der Waals surface area contributed by atoms with E-state index in [1.165, 1.54) is 0 Å². The van der Waals surface area contributed by atoms with Gasteiger partial charge in [-0.3, -0.25) is 9.78 Å². The van der Waals surface area contributed by atoms with E-state index in [9.17, 15) is 4.79 Å². The summed E-state index contributed by atoms with van der Waals surface area (Å²) in [5, 5.41) is 0. The van der Waals surface area contributed by atoms with Crippen LogP contribution in [0.2, 0.25) is 0 Å². The van der Waals surface area contributed by atoms with Crippen LogP contribution < -0.4 is 9.64 Å². The van der Waals surface area contributed by atoms with E-state index >= 15 is 0 Å². The summed E-state index contributed by atoms with van der Waals surface area (Å²) >= 11 is 0. The van der Waals surface area contributed by atoms with Gasteiger partial charge in [-0.2, -0.15) is 0 Å². The van der Waals surface area contributed by atoms with Crippen LogP contribution in [-0.4, -0.2) is 61.3 Å². The summed E-state index contributed by atoms with van der Waals surface area (Å²) in [6, 6.07) is 11.5. The molecule has 142 valence electrons. The highest BCUT2D eigenvalue weighted by atomic mass is 16.5. The number of benzene rings is 1. The van der Waals surface area contributed by atoms with Gasteiger partial charge in [0.15, 0.2) is 0 Å². The molecule has 3 heterocycles. The second kappa shape index (κ2) is 8.39. The largest absolute Gasteiger partial charge is 0.491 e. The van der Waals surface area contributed by atoms with Crippen molar-refractivity contribution in [1.82, 2.24) is 9.88 Å². The fourth-order valence-electron chi connectivity index (χ4n) is 3.56. The smallest absolute Gasteiger partial charge is 0.253 e. The first-order valence-electron chi connectivity index (χ1n) is 9.58. The van der Waals surface area contributed by atoms with Gasteiger partial charge in [-0.1, -0.05) is 0 Å². The third-order valence-corrected chi connectivity index (χ3v) is 5.16. The molecule has 2 fully saturated rings. The molecular formula is C21H25N3O3. The molecule has 1 atom stereocenters. The zero-order chi connectivity index (χ0) is 18.5. The Hall–Kier alpha value is -2.60. The minimum absolute atomic E-state index is 0.0788. The second-order valence-corrected chi connectivity index (χ2v) is 6.96. The van der Waals surface area contributed by atoms with E-state index in [4.69, 9.17) is 9.47 Å². The number of amides is 1. The van der Waals surface area contributed by atoms with Gasteiger partial charge < -0.3 is 19.3 Å². The second-order valence-electron chi connectivity index (χ2n) is 6.96. The molecule has 6 heteroatoms. The van der Waals surface area contributed by atoms with Crippen LogP contribution in [0.3, 0.4) is 0 Å². The van der Waals surface area contributed by atoms with Crippen LogP contribution in [0, 0.1) is 0 Å². The highest BCUT2D eigenvalue weighted by Gasteiger charge is 2.22. The Morgan fingerprint density at radius 1 is 1.07 bits per heavy atom. The number of hydrogen-bond donors (Lipinski definition) is 0. The summed E-state index contributed by atoms with van der Waals surface area (Å²) in [5.41, 5.74) is 1.86. The lowest BCUT2D eigenvalue weighted by Gasteiger charge is -2.36. The van der Waals surface area contributed by atoms with Crippen LogP contribution in [-0.2, 0) is 4.74 Å². The minimum atomic E-state index is 0.0788. The fraction of sp³-hybridized carbons (Fsp3) is 0.429. The number of anilines is 1. The number of hydrogen-bond acceptors (Lipinski definition) is 5. The van der Waals surface area contributed by atoms with E-state index in [-0.39, 0.29) is 12.0 Å². The molecule has 2 aromatic rings. The molecule has 0 bridgehead atoms. The summed E-state index contributed by atoms with van der Waals surface area (Å²) < 4.78 is 11.3. The minimum Gasteiger partial charge on any atom is -0.491 e. The van der Waals surface area contributed by atoms with Crippen LogP contribution in [0.15, 0.2) is 48.8 Å². The molecule has 1 aromatic heterocycles. The van der Waals surface area contributed by atoms with Gasteiger partial charge in [0.05, 0.1) is 6.10 Å². The lowest BCUT2D eigenvalue weighted by atomic mass is 10.1. The molecule has 4 rings (SSSR count). The van der Waals surface area contributed by atoms with Crippen LogP contribution in [0.25, 0.3) is 0 Å². The first-order valence-corrected chi connectivity index (χ1v) is 9.58.